The molecule has 1 heterocycles. The van der Waals surface area contributed by atoms with Gasteiger partial charge in [0, 0.05) is 24.2 Å². The van der Waals surface area contributed by atoms with Crippen LogP contribution in [-0.2, 0) is 22.5 Å². The van der Waals surface area contributed by atoms with Crippen molar-refractivity contribution < 1.29 is 19.2 Å². The number of carbonyl (C=O) groups is 2. The summed E-state index contributed by atoms with van der Waals surface area (Å²) in [5.41, 5.74) is 2.83. The van der Waals surface area contributed by atoms with Gasteiger partial charge in [-0.2, -0.15) is 0 Å². The molecule has 0 N–H and O–H groups in total. The highest BCUT2D eigenvalue weighted by Gasteiger charge is 2.26. The Balaban J connectivity index is 1.83. The van der Waals surface area contributed by atoms with Crippen LogP contribution in [0.15, 0.2) is 42.5 Å². The molecule has 2 aromatic rings. The number of carbonyl (C=O) groups excluding carboxylic acids is 2. The van der Waals surface area contributed by atoms with Crippen LogP contribution in [0.25, 0.3) is 0 Å². The highest BCUT2D eigenvalue weighted by atomic mass is 16.6. The molecular formula is C19H18N2O5. The number of hydrogen-bond acceptors (Lipinski definition) is 5. The van der Waals surface area contributed by atoms with Crippen molar-refractivity contribution in [1.82, 2.24) is 0 Å². The van der Waals surface area contributed by atoms with E-state index in [0.29, 0.717) is 37.2 Å². The number of fused-ring (bicyclic) bond motifs is 1. The Labute approximate surface area is 150 Å². The molecule has 0 aliphatic carbocycles. The molecule has 26 heavy (non-hydrogen) atoms. The van der Waals surface area contributed by atoms with Crippen molar-refractivity contribution in [1.29, 1.82) is 0 Å². The van der Waals surface area contributed by atoms with Crippen molar-refractivity contribution in [3.8, 4) is 0 Å². The molecule has 3 rings (SSSR count). The van der Waals surface area contributed by atoms with Gasteiger partial charge in [0.2, 0.25) is 5.91 Å². The molecule has 0 atom stereocenters. The minimum absolute atomic E-state index is 0.0249. The van der Waals surface area contributed by atoms with E-state index >= 15 is 0 Å². The number of non-ortho nitro benzene ring substituents is 1. The molecule has 134 valence electrons. The maximum Gasteiger partial charge on any atom is 0.338 e. The smallest absolute Gasteiger partial charge is 0.338 e. The molecule has 1 aliphatic rings. The minimum atomic E-state index is -0.435. The Hall–Kier alpha value is -3.22. The van der Waals surface area contributed by atoms with E-state index in [1.54, 1.807) is 42.2 Å². The number of ether oxygens (including phenoxy) is 1. The lowest BCUT2D eigenvalue weighted by Gasteiger charge is -2.29. The molecule has 0 spiro atoms. The van der Waals surface area contributed by atoms with Gasteiger partial charge in [-0.05, 0) is 42.7 Å². The van der Waals surface area contributed by atoms with Crippen LogP contribution in [0, 0.1) is 10.1 Å². The molecule has 0 saturated heterocycles. The maximum atomic E-state index is 12.4. The summed E-state index contributed by atoms with van der Waals surface area (Å²) in [6.45, 7) is 2.40. The van der Waals surface area contributed by atoms with Crippen LogP contribution in [0.2, 0.25) is 0 Å². The molecule has 1 aliphatic heterocycles. The lowest BCUT2D eigenvalue weighted by molar-refractivity contribution is -0.384. The van der Waals surface area contributed by atoms with Gasteiger partial charge in [-0.25, -0.2) is 4.79 Å². The van der Waals surface area contributed by atoms with Crippen molar-refractivity contribution in [2.24, 2.45) is 0 Å². The standard InChI is InChI=1S/C19H18N2O5/c1-2-26-19(23)14-5-3-13(4-6-14)12-20-17-9-8-16(21(24)25)11-15(17)7-10-18(20)22/h3-6,8-9,11H,2,7,10,12H2,1H3. The number of benzene rings is 2. The van der Waals surface area contributed by atoms with Crippen molar-refractivity contribution in [2.45, 2.75) is 26.3 Å². The topological polar surface area (TPSA) is 89.8 Å². The van der Waals surface area contributed by atoms with E-state index in [0.717, 1.165) is 11.1 Å². The van der Waals surface area contributed by atoms with E-state index in [1.165, 1.54) is 12.1 Å². The summed E-state index contributed by atoms with van der Waals surface area (Å²) in [6.07, 6.45) is 0.809. The van der Waals surface area contributed by atoms with Gasteiger partial charge in [-0.3, -0.25) is 14.9 Å². The third-order valence-electron chi connectivity index (χ3n) is 4.28. The van der Waals surface area contributed by atoms with Crippen LogP contribution in [-0.4, -0.2) is 23.4 Å². The zero-order valence-electron chi connectivity index (χ0n) is 14.3. The number of aryl methyl sites for hydroxylation is 1. The second kappa shape index (κ2) is 7.35. The number of amides is 1. The number of nitro benzene ring substituents is 1. The molecule has 0 unspecified atom stereocenters. The molecule has 7 nitrogen and oxygen atoms in total. The van der Waals surface area contributed by atoms with E-state index in [-0.39, 0.29) is 17.6 Å². The second-order valence-electron chi connectivity index (χ2n) is 5.97. The summed E-state index contributed by atoms with van der Waals surface area (Å²) in [7, 11) is 0. The van der Waals surface area contributed by atoms with Gasteiger partial charge in [0.15, 0.2) is 0 Å². The lowest BCUT2D eigenvalue weighted by Crippen LogP contribution is -2.34. The van der Waals surface area contributed by atoms with Gasteiger partial charge in [0.25, 0.3) is 5.69 Å². The van der Waals surface area contributed by atoms with E-state index < -0.39 is 4.92 Å². The van der Waals surface area contributed by atoms with E-state index in [2.05, 4.69) is 0 Å². The second-order valence-corrected chi connectivity index (χ2v) is 5.97. The molecule has 0 saturated carbocycles. The molecular weight excluding hydrogens is 336 g/mol. The zero-order valence-corrected chi connectivity index (χ0v) is 14.3. The summed E-state index contributed by atoms with van der Waals surface area (Å²) < 4.78 is 4.95. The predicted molar refractivity (Wildman–Crippen MR) is 95.0 cm³/mol. The number of nitrogens with zero attached hydrogens (tertiary/aromatic N) is 2. The molecule has 7 heteroatoms. The highest BCUT2D eigenvalue weighted by molar-refractivity contribution is 5.96. The SMILES string of the molecule is CCOC(=O)c1ccc(CN2C(=O)CCc3cc([N+](=O)[O-])ccc32)cc1. The van der Waals surface area contributed by atoms with Crippen LogP contribution in [0.5, 0.6) is 0 Å². The maximum absolute atomic E-state index is 12.4. The quantitative estimate of drug-likeness (QED) is 0.467. The Bertz CT molecular complexity index is 861. The van der Waals surface area contributed by atoms with Gasteiger partial charge in [-0.1, -0.05) is 12.1 Å². The van der Waals surface area contributed by atoms with Crippen molar-refractivity contribution in [3.05, 3.63) is 69.3 Å². The predicted octanol–water partition coefficient (Wildman–Crippen LogP) is 3.25. The highest BCUT2D eigenvalue weighted by Crippen LogP contribution is 2.32. The molecule has 0 bridgehead atoms. The minimum Gasteiger partial charge on any atom is -0.462 e. The average molecular weight is 354 g/mol. The third-order valence-corrected chi connectivity index (χ3v) is 4.28. The van der Waals surface area contributed by atoms with Gasteiger partial charge in [0.05, 0.1) is 23.6 Å². The summed E-state index contributed by atoms with van der Waals surface area (Å²) in [6, 6.07) is 11.4. The van der Waals surface area contributed by atoms with Gasteiger partial charge in [0.1, 0.15) is 0 Å². The Morgan fingerprint density at radius 2 is 1.92 bits per heavy atom. The van der Waals surface area contributed by atoms with Gasteiger partial charge < -0.3 is 9.64 Å². The lowest BCUT2D eigenvalue weighted by atomic mass is 9.99. The van der Waals surface area contributed by atoms with Crippen LogP contribution in [0.3, 0.4) is 0 Å². The fraction of sp³-hybridized carbons (Fsp3) is 0.263. The summed E-state index contributed by atoms with van der Waals surface area (Å²) in [5, 5.41) is 10.9. The first-order valence-electron chi connectivity index (χ1n) is 8.33. The van der Waals surface area contributed by atoms with Crippen LogP contribution in [0.4, 0.5) is 11.4 Å². The number of hydrogen-bond donors (Lipinski definition) is 0. The monoisotopic (exact) mass is 354 g/mol. The number of esters is 1. The Morgan fingerprint density at radius 3 is 2.58 bits per heavy atom. The molecule has 0 aromatic heterocycles. The number of rotatable bonds is 5. The number of nitro groups is 1. The van der Waals surface area contributed by atoms with Crippen LogP contribution >= 0.6 is 0 Å². The van der Waals surface area contributed by atoms with Crippen molar-refractivity contribution >= 4 is 23.3 Å². The normalized spacial score (nSPS) is 13.3. The van der Waals surface area contributed by atoms with Crippen LogP contribution < -0.4 is 4.90 Å². The first kappa shape index (κ1) is 17.6. The van der Waals surface area contributed by atoms with Gasteiger partial charge >= 0.3 is 5.97 Å². The molecule has 2 aromatic carbocycles. The Kier molecular flexibility index (Phi) is 4.97. The van der Waals surface area contributed by atoms with Crippen LogP contribution in [0.1, 0.15) is 34.8 Å². The third kappa shape index (κ3) is 3.56. The summed E-state index contributed by atoms with van der Waals surface area (Å²) in [4.78, 5) is 36.2. The molecule has 0 fully saturated rings. The van der Waals surface area contributed by atoms with E-state index in [4.69, 9.17) is 4.74 Å². The van der Waals surface area contributed by atoms with Gasteiger partial charge in [-0.15, -0.1) is 0 Å². The fourth-order valence-electron chi connectivity index (χ4n) is 2.98. The number of anilines is 1. The van der Waals surface area contributed by atoms with E-state index in [1.807, 2.05) is 0 Å². The fourth-order valence-corrected chi connectivity index (χ4v) is 2.98. The molecule has 1 amide bonds. The van der Waals surface area contributed by atoms with E-state index in [9.17, 15) is 19.7 Å². The first-order chi connectivity index (χ1) is 12.5. The summed E-state index contributed by atoms with van der Waals surface area (Å²) >= 11 is 0. The zero-order chi connectivity index (χ0) is 18.7. The average Bonchev–Trinajstić information content (AvgIpc) is 2.64. The van der Waals surface area contributed by atoms with Crippen molar-refractivity contribution in [3.63, 3.8) is 0 Å². The molecule has 0 radical (unpaired) electrons. The largest absolute Gasteiger partial charge is 0.462 e. The summed E-state index contributed by atoms with van der Waals surface area (Å²) in [5.74, 6) is -0.411. The first-order valence-corrected chi connectivity index (χ1v) is 8.33. The Morgan fingerprint density at radius 1 is 1.19 bits per heavy atom. The van der Waals surface area contributed by atoms with Crippen molar-refractivity contribution in [2.75, 3.05) is 11.5 Å².